The first-order chi connectivity index (χ1) is 5.76. The van der Waals surface area contributed by atoms with Gasteiger partial charge in [-0.2, -0.15) is 0 Å². The molecule has 0 aromatic rings. The molecule has 0 radical (unpaired) electrons. The molecule has 12 heavy (non-hydrogen) atoms. The highest BCUT2D eigenvalue weighted by Gasteiger charge is 2.48. The van der Waals surface area contributed by atoms with Crippen molar-refractivity contribution in [2.45, 2.75) is 50.1 Å². The van der Waals surface area contributed by atoms with Gasteiger partial charge in [0.1, 0.15) is 0 Å². The molecule has 0 heterocycles. The second-order valence-electron chi connectivity index (χ2n) is 4.54. The zero-order valence-corrected chi connectivity index (χ0v) is 7.97. The normalized spacial score (nSPS) is 30.5. The van der Waals surface area contributed by atoms with Crippen molar-refractivity contribution in [2.24, 2.45) is 11.7 Å². The van der Waals surface area contributed by atoms with Crippen LogP contribution < -0.4 is 11.1 Å². The first kappa shape index (κ1) is 8.52. The van der Waals surface area contributed by atoms with Crippen molar-refractivity contribution in [1.82, 2.24) is 5.32 Å². The quantitative estimate of drug-likeness (QED) is 0.665. The fourth-order valence-corrected chi connectivity index (χ4v) is 2.74. The van der Waals surface area contributed by atoms with Crippen molar-refractivity contribution in [1.29, 1.82) is 0 Å². The molecule has 70 valence electrons. The van der Waals surface area contributed by atoms with Gasteiger partial charge < -0.3 is 11.1 Å². The summed E-state index contributed by atoms with van der Waals surface area (Å²) in [5, 5.41) is 3.42. The van der Waals surface area contributed by atoms with Crippen molar-refractivity contribution in [2.75, 3.05) is 7.05 Å². The molecule has 1 atom stereocenters. The average molecular weight is 168 g/mol. The SMILES string of the molecule is CNC(C1CCCC1)C1(N)CC1. The first-order valence-corrected chi connectivity index (χ1v) is 5.22. The van der Waals surface area contributed by atoms with E-state index in [0.717, 1.165) is 5.92 Å². The lowest BCUT2D eigenvalue weighted by molar-refractivity contribution is 0.314. The first-order valence-electron chi connectivity index (χ1n) is 5.22. The van der Waals surface area contributed by atoms with E-state index in [1.807, 2.05) is 0 Å². The van der Waals surface area contributed by atoms with Crippen molar-refractivity contribution in [3.63, 3.8) is 0 Å². The predicted octanol–water partition coefficient (Wildman–Crippen LogP) is 1.26. The second kappa shape index (κ2) is 3.00. The van der Waals surface area contributed by atoms with E-state index in [-0.39, 0.29) is 5.54 Å². The summed E-state index contributed by atoms with van der Waals surface area (Å²) in [6.45, 7) is 0. The van der Waals surface area contributed by atoms with E-state index in [9.17, 15) is 0 Å². The maximum atomic E-state index is 6.22. The zero-order chi connectivity index (χ0) is 8.60. The Morgan fingerprint density at radius 1 is 1.33 bits per heavy atom. The molecular formula is C10H20N2. The van der Waals surface area contributed by atoms with Crippen LogP contribution in [-0.4, -0.2) is 18.6 Å². The highest BCUT2D eigenvalue weighted by Crippen LogP contribution is 2.42. The van der Waals surface area contributed by atoms with Gasteiger partial charge in [-0.25, -0.2) is 0 Å². The number of likely N-dealkylation sites (N-methyl/N-ethyl adjacent to an activating group) is 1. The Bertz CT molecular complexity index is 157. The molecular weight excluding hydrogens is 148 g/mol. The van der Waals surface area contributed by atoms with Gasteiger partial charge in [0.2, 0.25) is 0 Å². The third kappa shape index (κ3) is 1.38. The minimum Gasteiger partial charge on any atom is -0.324 e. The highest BCUT2D eigenvalue weighted by molar-refractivity contribution is 5.09. The van der Waals surface area contributed by atoms with Gasteiger partial charge >= 0.3 is 0 Å². The summed E-state index contributed by atoms with van der Waals surface area (Å²) in [5.74, 6) is 0.863. The van der Waals surface area contributed by atoms with Crippen LogP contribution in [0.3, 0.4) is 0 Å². The van der Waals surface area contributed by atoms with E-state index < -0.39 is 0 Å². The maximum absolute atomic E-state index is 6.22. The third-order valence-corrected chi connectivity index (χ3v) is 3.63. The van der Waals surface area contributed by atoms with E-state index in [1.54, 1.807) is 0 Å². The molecule has 2 aliphatic carbocycles. The lowest BCUT2D eigenvalue weighted by Gasteiger charge is -2.28. The standard InChI is InChI=1S/C10H20N2/c1-12-9(10(11)6-7-10)8-4-2-3-5-8/h8-9,12H,2-7,11H2,1H3. The summed E-state index contributed by atoms with van der Waals surface area (Å²) in [5.41, 5.74) is 6.39. The fraction of sp³-hybridized carbons (Fsp3) is 1.00. The van der Waals surface area contributed by atoms with Crippen LogP contribution in [0.15, 0.2) is 0 Å². The van der Waals surface area contributed by atoms with E-state index in [1.165, 1.54) is 38.5 Å². The minimum absolute atomic E-state index is 0.170. The largest absolute Gasteiger partial charge is 0.324 e. The van der Waals surface area contributed by atoms with Gasteiger partial charge in [-0.05, 0) is 38.6 Å². The molecule has 0 aromatic carbocycles. The number of nitrogens with two attached hydrogens (primary N) is 1. The molecule has 2 nitrogen and oxygen atoms in total. The monoisotopic (exact) mass is 168 g/mol. The summed E-state index contributed by atoms with van der Waals surface area (Å²) >= 11 is 0. The summed E-state index contributed by atoms with van der Waals surface area (Å²) in [6.07, 6.45) is 8.08. The van der Waals surface area contributed by atoms with Crippen LogP contribution in [-0.2, 0) is 0 Å². The number of nitrogens with one attached hydrogen (secondary N) is 1. The number of hydrogen-bond donors (Lipinski definition) is 2. The van der Waals surface area contributed by atoms with E-state index in [4.69, 9.17) is 5.73 Å². The van der Waals surface area contributed by atoms with Gasteiger partial charge in [0.25, 0.3) is 0 Å². The van der Waals surface area contributed by atoms with Gasteiger partial charge in [-0.1, -0.05) is 12.8 Å². The molecule has 0 bridgehead atoms. The van der Waals surface area contributed by atoms with E-state index >= 15 is 0 Å². The van der Waals surface area contributed by atoms with Gasteiger partial charge in [0.05, 0.1) is 0 Å². The van der Waals surface area contributed by atoms with E-state index in [2.05, 4.69) is 12.4 Å². The summed E-state index contributed by atoms with van der Waals surface area (Å²) < 4.78 is 0. The van der Waals surface area contributed by atoms with Gasteiger partial charge in [-0.3, -0.25) is 0 Å². The van der Waals surface area contributed by atoms with Gasteiger partial charge in [-0.15, -0.1) is 0 Å². The van der Waals surface area contributed by atoms with Crippen LogP contribution in [0.1, 0.15) is 38.5 Å². The Morgan fingerprint density at radius 3 is 2.33 bits per heavy atom. The topological polar surface area (TPSA) is 38.0 Å². The minimum atomic E-state index is 0.170. The Hall–Kier alpha value is -0.0800. The second-order valence-corrected chi connectivity index (χ2v) is 4.54. The molecule has 0 aromatic heterocycles. The molecule has 0 amide bonds. The molecule has 2 rings (SSSR count). The summed E-state index contributed by atoms with van der Waals surface area (Å²) in [6, 6.07) is 0.597. The number of rotatable bonds is 3. The van der Waals surface area contributed by atoms with Crippen LogP contribution in [0, 0.1) is 5.92 Å². The predicted molar refractivity (Wildman–Crippen MR) is 51.0 cm³/mol. The average Bonchev–Trinajstić information content (AvgIpc) is 2.63. The summed E-state index contributed by atoms with van der Waals surface area (Å²) in [4.78, 5) is 0. The van der Waals surface area contributed by atoms with Crippen molar-refractivity contribution in [3.8, 4) is 0 Å². The Morgan fingerprint density at radius 2 is 1.92 bits per heavy atom. The van der Waals surface area contributed by atoms with Crippen molar-refractivity contribution < 1.29 is 0 Å². The Labute approximate surface area is 74.9 Å². The van der Waals surface area contributed by atoms with Crippen LogP contribution in [0.2, 0.25) is 0 Å². The van der Waals surface area contributed by atoms with E-state index in [0.29, 0.717) is 6.04 Å². The molecule has 3 N–H and O–H groups in total. The van der Waals surface area contributed by atoms with Crippen LogP contribution in [0.4, 0.5) is 0 Å². The molecule has 0 spiro atoms. The smallest absolute Gasteiger partial charge is 0.0313 e. The van der Waals surface area contributed by atoms with Crippen molar-refractivity contribution >= 4 is 0 Å². The van der Waals surface area contributed by atoms with Gasteiger partial charge in [0.15, 0.2) is 0 Å². The lowest BCUT2D eigenvalue weighted by Crippen LogP contribution is -2.49. The van der Waals surface area contributed by atoms with Crippen LogP contribution >= 0.6 is 0 Å². The number of hydrogen-bond acceptors (Lipinski definition) is 2. The molecule has 2 heteroatoms. The Balaban J connectivity index is 1.97. The Kier molecular flexibility index (Phi) is 2.13. The highest BCUT2D eigenvalue weighted by atomic mass is 15.0. The van der Waals surface area contributed by atoms with Gasteiger partial charge in [0, 0.05) is 11.6 Å². The molecule has 0 saturated heterocycles. The maximum Gasteiger partial charge on any atom is 0.0313 e. The molecule has 2 fully saturated rings. The van der Waals surface area contributed by atoms with Crippen LogP contribution in [0.5, 0.6) is 0 Å². The summed E-state index contributed by atoms with van der Waals surface area (Å²) in [7, 11) is 2.07. The lowest BCUT2D eigenvalue weighted by atomic mass is 9.90. The van der Waals surface area contributed by atoms with Crippen molar-refractivity contribution in [3.05, 3.63) is 0 Å². The molecule has 2 aliphatic rings. The van der Waals surface area contributed by atoms with Crippen LogP contribution in [0.25, 0.3) is 0 Å². The zero-order valence-electron chi connectivity index (χ0n) is 7.97. The fourth-order valence-electron chi connectivity index (χ4n) is 2.74. The molecule has 1 unspecified atom stereocenters. The molecule has 2 saturated carbocycles. The third-order valence-electron chi connectivity index (χ3n) is 3.63. The molecule has 0 aliphatic heterocycles.